The van der Waals surface area contributed by atoms with E-state index in [9.17, 15) is 9.59 Å². The first-order chi connectivity index (χ1) is 8.56. The molecule has 0 spiro atoms. The number of benzene rings is 1. The highest BCUT2D eigenvalue weighted by Crippen LogP contribution is 2.23. The van der Waals surface area contributed by atoms with Crippen LogP contribution in [0.3, 0.4) is 0 Å². The van der Waals surface area contributed by atoms with Crippen LogP contribution < -0.4 is 10.1 Å². The second-order valence-corrected chi connectivity index (χ2v) is 4.50. The van der Waals surface area contributed by atoms with E-state index in [4.69, 9.17) is 21.4 Å². The van der Waals surface area contributed by atoms with E-state index in [1.807, 2.05) is 0 Å². The molecule has 1 aromatic rings. The number of hydrogen-bond acceptors (Lipinski definition) is 3. The van der Waals surface area contributed by atoms with Crippen LogP contribution in [0.5, 0.6) is 5.75 Å². The normalized spacial score (nSPS) is 18.5. The smallest absolute Gasteiger partial charge is 0.339 e. The average Bonchev–Trinajstić information content (AvgIpc) is 2.73. The van der Waals surface area contributed by atoms with Crippen molar-refractivity contribution in [1.29, 1.82) is 0 Å². The highest BCUT2D eigenvalue weighted by atomic mass is 35.5. The maximum absolute atomic E-state index is 11.0. The Bertz CT molecular complexity index is 489. The molecule has 1 atom stereocenters. The van der Waals surface area contributed by atoms with Crippen molar-refractivity contribution >= 4 is 23.5 Å². The molecule has 1 aromatic carbocycles. The first-order valence-electron chi connectivity index (χ1n) is 5.51. The molecule has 2 rings (SSSR count). The molecule has 96 valence electrons. The summed E-state index contributed by atoms with van der Waals surface area (Å²) in [5.41, 5.74) is 0.0202. The van der Waals surface area contributed by atoms with Gasteiger partial charge in [0, 0.05) is 11.4 Å². The van der Waals surface area contributed by atoms with Crippen molar-refractivity contribution in [3.8, 4) is 5.75 Å². The van der Waals surface area contributed by atoms with Crippen molar-refractivity contribution in [2.45, 2.75) is 18.9 Å². The Hall–Kier alpha value is -1.75. The van der Waals surface area contributed by atoms with Crippen LogP contribution in [-0.2, 0) is 4.79 Å². The summed E-state index contributed by atoms with van der Waals surface area (Å²) in [6.45, 7) is 0.258. The van der Waals surface area contributed by atoms with Gasteiger partial charge in [-0.05, 0) is 24.6 Å². The molecule has 18 heavy (non-hydrogen) atoms. The fraction of sp³-hybridized carbons (Fsp3) is 0.333. The number of carboxylic acid groups (broad SMARTS) is 1. The standard InChI is InChI=1S/C12H12ClNO4/c13-7-1-3-10(9(5-7)12(16)17)18-6-8-2-4-11(15)14-8/h1,3,5,8H,2,4,6H2,(H,14,15)(H,16,17). The van der Waals surface area contributed by atoms with Crippen LogP contribution in [-0.4, -0.2) is 29.6 Å². The van der Waals surface area contributed by atoms with E-state index >= 15 is 0 Å². The minimum Gasteiger partial charge on any atom is -0.491 e. The topological polar surface area (TPSA) is 75.6 Å². The quantitative estimate of drug-likeness (QED) is 0.872. The van der Waals surface area contributed by atoms with Crippen LogP contribution in [0.15, 0.2) is 18.2 Å². The molecule has 0 aliphatic carbocycles. The van der Waals surface area contributed by atoms with Crippen molar-refractivity contribution in [3.05, 3.63) is 28.8 Å². The summed E-state index contributed by atoms with van der Waals surface area (Å²) in [7, 11) is 0. The summed E-state index contributed by atoms with van der Waals surface area (Å²) in [5.74, 6) is -0.839. The van der Waals surface area contributed by atoms with Crippen LogP contribution >= 0.6 is 11.6 Å². The highest BCUT2D eigenvalue weighted by molar-refractivity contribution is 6.31. The van der Waals surface area contributed by atoms with Crippen molar-refractivity contribution in [2.75, 3.05) is 6.61 Å². The van der Waals surface area contributed by atoms with Gasteiger partial charge in [0.2, 0.25) is 5.91 Å². The van der Waals surface area contributed by atoms with Crippen LogP contribution in [0.25, 0.3) is 0 Å². The zero-order chi connectivity index (χ0) is 13.1. The lowest BCUT2D eigenvalue weighted by atomic mass is 10.2. The molecule has 1 saturated heterocycles. The predicted octanol–water partition coefficient (Wildman–Crippen LogP) is 1.70. The molecule has 0 saturated carbocycles. The number of carbonyl (C=O) groups excluding carboxylic acids is 1. The molecule has 1 amide bonds. The van der Waals surface area contributed by atoms with Crippen LogP contribution in [0.1, 0.15) is 23.2 Å². The van der Waals surface area contributed by atoms with Crippen molar-refractivity contribution in [1.82, 2.24) is 5.32 Å². The molecule has 0 radical (unpaired) electrons. The molecular weight excluding hydrogens is 258 g/mol. The third kappa shape index (κ3) is 2.92. The summed E-state index contributed by atoms with van der Waals surface area (Å²) < 4.78 is 5.43. The van der Waals surface area contributed by atoms with Crippen molar-refractivity contribution < 1.29 is 19.4 Å². The molecule has 2 N–H and O–H groups in total. The molecule has 1 fully saturated rings. The maximum atomic E-state index is 11.0. The van der Waals surface area contributed by atoms with E-state index in [0.29, 0.717) is 17.9 Å². The van der Waals surface area contributed by atoms with E-state index in [-0.39, 0.29) is 29.9 Å². The van der Waals surface area contributed by atoms with Crippen LogP contribution in [0, 0.1) is 0 Å². The molecule has 1 unspecified atom stereocenters. The van der Waals surface area contributed by atoms with Gasteiger partial charge >= 0.3 is 5.97 Å². The number of carboxylic acids is 1. The van der Waals surface area contributed by atoms with Crippen molar-refractivity contribution in [3.63, 3.8) is 0 Å². The predicted molar refractivity (Wildman–Crippen MR) is 65.1 cm³/mol. The molecule has 0 aromatic heterocycles. The number of ether oxygens (including phenoxy) is 1. The molecular formula is C12H12ClNO4. The number of aromatic carboxylic acids is 1. The van der Waals surface area contributed by atoms with E-state index in [1.165, 1.54) is 12.1 Å². The summed E-state index contributed by atoms with van der Waals surface area (Å²) in [5, 5.41) is 12.1. The van der Waals surface area contributed by atoms with Crippen LogP contribution in [0.4, 0.5) is 0 Å². The molecule has 5 nitrogen and oxygen atoms in total. The number of nitrogens with one attached hydrogen (secondary N) is 1. The molecule has 6 heteroatoms. The second kappa shape index (κ2) is 5.27. The van der Waals surface area contributed by atoms with Gasteiger partial charge < -0.3 is 15.2 Å². The van der Waals surface area contributed by atoms with Gasteiger partial charge in [0.15, 0.2) is 0 Å². The number of carbonyl (C=O) groups is 2. The van der Waals surface area contributed by atoms with Gasteiger partial charge in [0.05, 0.1) is 6.04 Å². The molecule has 1 aliphatic rings. The SMILES string of the molecule is O=C1CCC(COc2ccc(Cl)cc2C(=O)O)N1. The number of halogens is 1. The lowest BCUT2D eigenvalue weighted by Gasteiger charge is -2.13. The van der Waals surface area contributed by atoms with Gasteiger partial charge in [0.25, 0.3) is 0 Å². The third-order valence-electron chi connectivity index (χ3n) is 2.70. The summed E-state index contributed by atoms with van der Waals surface area (Å²) in [4.78, 5) is 22.0. The zero-order valence-corrected chi connectivity index (χ0v) is 10.2. The monoisotopic (exact) mass is 269 g/mol. The summed E-state index contributed by atoms with van der Waals surface area (Å²) in [6, 6.07) is 4.36. The maximum Gasteiger partial charge on any atom is 0.339 e. The van der Waals surface area contributed by atoms with E-state index in [0.717, 1.165) is 0 Å². The molecule has 0 bridgehead atoms. The Morgan fingerprint density at radius 1 is 1.56 bits per heavy atom. The van der Waals surface area contributed by atoms with Gasteiger partial charge in [-0.25, -0.2) is 4.79 Å². The minimum atomic E-state index is -1.09. The largest absolute Gasteiger partial charge is 0.491 e. The van der Waals surface area contributed by atoms with Gasteiger partial charge in [0.1, 0.15) is 17.9 Å². The number of rotatable bonds is 4. The van der Waals surface area contributed by atoms with Gasteiger partial charge in [-0.15, -0.1) is 0 Å². The second-order valence-electron chi connectivity index (χ2n) is 4.06. The number of hydrogen-bond donors (Lipinski definition) is 2. The van der Waals surface area contributed by atoms with Crippen molar-refractivity contribution in [2.24, 2.45) is 0 Å². The Balaban J connectivity index is 2.04. The zero-order valence-electron chi connectivity index (χ0n) is 9.48. The van der Waals surface area contributed by atoms with Gasteiger partial charge in [-0.1, -0.05) is 11.6 Å². The van der Waals surface area contributed by atoms with E-state index in [2.05, 4.69) is 5.32 Å². The lowest BCUT2D eigenvalue weighted by Crippen LogP contribution is -2.31. The van der Waals surface area contributed by atoms with Gasteiger partial charge in [-0.3, -0.25) is 4.79 Å². The average molecular weight is 270 g/mol. The van der Waals surface area contributed by atoms with Gasteiger partial charge in [-0.2, -0.15) is 0 Å². The Kier molecular flexibility index (Phi) is 3.72. The lowest BCUT2D eigenvalue weighted by molar-refractivity contribution is -0.119. The Labute approximate surface area is 109 Å². The van der Waals surface area contributed by atoms with E-state index in [1.54, 1.807) is 6.07 Å². The van der Waals surface area contributed by atoms with Crippen LogP contribution in [0.2, 0.25) is 5.02 Å². The molecule has 1 heterocycles. The Morgan fingerprint density at radius 3 is 2.94 bits per heavy atom. The Morgan fingerprint density at radius 2 is 2.33 bits per heavy atom. The fourth-order valence-corrected chi connectivity index (χ4v) is 1.96. The fourth-order valence-electron chi connectivity index (χ4n) is 1.79. The number of amides is 1. The minimum absolute atomic E-state index is 0.00170. The molecule has 1 aliphatic heterocycles. The highest BCUT2D eigenvalue weighted by Gasteiger charge is 2.22. The first-order valence-corrected chi connectivity index (χ1v) is 5.89. The summed E-state index contributed by atoms with van der Waals surface area (Å²) in [6.07, 6.45) is 1.19. The summed E-state index contributed by atoms with van der Waals surface area (Å²) >= 11 is 5.73. The third-order valence-corrected chi connectivity index (χ3v) is 2.93. The first kappa shape index (κ1) is 12.7. The van der Waals surface area contributed by atoms with E-state index < -0.39 is 5.97 Å².